The number of nitrogens with two attached hydrogens (primary N) is 1. The highest BCUT2D eigenvalue weighted by molar-refractivity contribution is 5.92. The molecular weight excluding hydrogens is 234 g/mol. The summed E-state index contributed by atoms with van der Waals surface area (Å²) in [6, 6.07) is 10.4. The summed E-state index contributed by atoms with van der Waals surface area (Å²) in [5, 5.41) is 1.22. The van der Waals surface area contributed by atoms with E-state index in [4.69, 9.17) is 5.73 Å². The molecule has 0 bridgehead atoms. The van der Waals surface area contributed by atoms with Crippen LogP contribution in [0.2, 0.25) is 0 Å². The maximum Gasteiger partial charge on any atom is 0.0726 e. The predicted molar refractivity (Wildman–Crippen MR) is 80.2 cm³/mol. The quantitative estimate of drug-likeness (QED) is 0.837. The van der Waals surface area contributed by atoms with Gasteiger partial charge in [-0.2, -0.15) is 0 Å². The van der Waals surface area contributed by atoms with Crippen LogP contribution < -0.4 is 10.6 Å². The normalized spacial score (nSPS) is 15.7. The van der Waals surface area contributed by atoms with Crippen molar-refractivity contribution in [1.82, 2.24) is 4.98 Å². The van der Waals surface area contributed by atoms with Crippen molar-refractivity contribution in [2.45, 2.75) is 19.9 Å². The van der Waals surface area contributed by atoms with E-state index in [9.17, 15) is 0 Å². The Bertz CT molecular complexity index is 631. The Kier molecular flexibility index (Phi) is 3.22. The predicted octanol–water partition coefficient (Wildman–Crippen LogP) is 2.85. The fourth-order valence-electron chi connectivity index (χ4n) is 2.69. The summed E-state index contributed by atoms with van der Waals surface area (Å²) in [5.41, 5.74) is 10.5. The van der Waals surface area contributed by atoms with Crippen LogP contribution in [0.15, 0.2) is 42.0 Å². The highest BCUT2D eigenvalue weighted by Crippen LogP contribution is 2.28. The van der Waals surface area contributed by atoms with E-state index in [2.05, 4.69) is 47.1 Å². The maximum atomic E-state index is 5.77. The van der Waals surface area contributed by atoms with Gasteiger partial charge in [-0.15, -0.1) is 0 Å². The molecule has 2 heterocycles. The zero-order valence-electron chi connectivity index (χ0n) is 11.3. The molecule has 0 radical (unpaired) electrons. The molecule has 98 valence electrons. The molecule has 0 atom stereocenters. The Morgan fingerprint density at radius 3 is 2.95 bits per heavy atom. The van der Waals surface area contributed by atoms with E-state index in [-0.39, 0.29) is 0 Å². The summed E-state index contributed by atoms with van der Waals surface area (Å²) in [4.78, 5) is 7.03. The first kappa shape index (κ1) is 12.2. The average molecular weight is 253 g/mol. The van der Waals surface area contributed by atoms with E-state index in [1.54, 1.807) is 0 Å². The second-order valence-electron chi connectivity index (χ2n) is 5.11. The minimum Gasteiger partial charge on any atom is -0.367 e. The lowest BCUT2D eigenvalue weighted by molar-refractivity contribution is 0.792. The summed E-state index contributed by atoms with van der Waals surface area (Å²) in [6.07, 6.45) is 3.43. The van der Waals surface area contributed by atoms with E-state index >= 15 is 0 Å². The molecule has 0 spiro atoms. The first-order chi connectivity index (χ1) is 9.28. The Morgan fingerprint density at radius 1 is 1.32 bits per heavy atom. The van der Waals surface area contributed by atoms with Crippen LogP contribution in [-0.2, 0) is 6.54 Å². The van der Waals surface area contributed by atoms with Gasteiger partial charge in [-0.1, -0.05) is 29.8 Å². The summed E-state index contributed by atoms with van der Waals surface area (Å²) in [6.45, 7) is 4.74. The fraction of sp³-hybridized carbons (Fsp3) is 0.312. The van der Waals surface area contributed by atoms with Crippen LogP contribution in [0, 0.1) is 0 Å². The van der Waals surface area contributed by atoms with E-state index < -0.39 is 0 Å². The van der Waals surface area contributed by atoms with Crippen LogP contribution in [-0.4, -0.2) is 18.1 Å². The van der Waals surface area contributed by atoms with Gasteiger partial charge in [0.05, 0.1) is 11.2 Å². The molecule has 1 aromatic heterocycles. The van der Waals surface area contributed by atoms with Gasteiger partial charge < -0.3 is 10.6 Å². The lowest BCUT2D eigenvalue weighted by Gasteiger charge is -2.29. The third kappa shape index (κ3) is 2.34. The Morgan fingerprint density at radius 2 is 2.16 bits per heavy atom. The van der Waals surface area contributed by atoms with Gasteiger partial charge in [0.15, 0.2) is 0 Å². The van der Waals surface area contributed by atoms with E-state index in [1.165, 1.54) is 16.6 Å². The second-order valence-corrected chi connectivity index (χ2v) is 5.11. The van der Waals surface area contributed by atoms with Crippen molar-refractivity contribution in [3.63, 3.8) is 0 Å². The lowest BCUT2D eigenvalue weighted by Crippen LogP contribution is -2.29. The van der Waals surface area contributed by atoms with Crippen molar-refractivity contribution >= 4 is 16.6 Å². The van der Waals surface area contributed by atoms with Gasteiger partial charge in [0.2, 0.25) is 0 Å². The molecule has 19 heavy (non-hydrogen) atoms. The number of hydrogen-bond donors (Lipinski definition) is 1. The molecule has 3 heteroatoms. The van der Waals surface area contributed by atoms with Crippen LogP contribution in [0.3, 0.4) is 0 Å². The van der Waals surface area contributed by atoms with Crippen LogP contribution in [0.25, 0.3) is 10.9 Å². The van der Waals surface area contributed by atoms with Crippen molar-refractivity contribution in [3.8, 4) is 0 Å². The highest BCUT2D eigenvalue weighted by atomic mass is 15.1. The maximum absolute atomic E-state index is 5.77. The third-order valence-corrected chi connectivity index (χ3v) is 3.63. The lowest BCUT2D eigenvalue weighted by atomic mass is 10.1. The molecule has 3 rings (SSSR count). The number of anilines is 1. The van der Waals surface area contributed by atoms with Crippen molar-refractivity contribution in [2.75, 3.05) is 18.0 Å². The minimum atomic E-state index is 0.487. The molecule has 1 aliphatic rings. The zero-order chi connectivity index (χ0) is 13.2. The number of pyridine rings is 1. The zero-order valence-corrected chi connectivity index (χ0v) is 11.3. The molecule has 0 saturated carbocycles. The van der Waals surface area contributed by atoms with Gasteiger partial charge in [0.1, 0.15) is 0 Å². The molecule has 1 aromatic carbocycles. The van der Waals surface area contributed by atoms with Crippen LogP contribution >= 0.6 is 0 Å². The third-order valence-electron chi connectivity index (χ3n) is 3.63. The average Bonchev–Trinajstić information content (AvgIpc) is 2.46. The molecule has 0 fully saturated rings. The van der Waals surface area contributed by atoms with Gasteiger partial charge in [-0.25, -0.2) is 0 Å². The van der Waals surface area contributed by atoms with E-state index in [0.29, 0.717) is 6.54 Å². The molecule has 2 aromatic rings. The number of rotatable bonds is 2. The number of aromatic nitrogens is 1. The van der Waals surface area contributed by atoms with Crippen molar-refractivity contribution in [1.29, 1.82) is 0 Å². The Balaban J connectivity index is 2.13. The Labute approximate surface area is 113 Å². The van der Waals surface area contributed by atoms with Crippen LogP contribution in [0.5, 0.6) is 0 Å². The second kappa shape index (κ2) is 5.02. The molecule has 2 N–H and O–H groups in total. The number of nitrogens with zero attached hydrogens (tertiary/aromatic N) is 2. The highest BCUT2D eigenvalue weighted by Gasteiger charge is 2.14. The molecular formula is C16H19N3. The van der Waals surface area contributed by atoms with Crippen LogP contribution in [0.1, 0.15) is 19.0 Å². The molecule has 0 unspecified atom stereocenters. The molecule has 0 saturated heterocycles. The summed E-state index contributed by atoms with van der Waals surface area (Å²) < 4.78 is 0. The topological polar surface area (TPSA) is 42.1 Å². The number of para-hydroxylation sites is 1. The number of hydrogen-bond acceptors (Lipinski definition) is 3. The van der Waals surface area contributed by atoms with E-state index in [0.717, 1.165) is 30.7 Å². The summed E-state index contributed by atoms with van der Waals surface area (Å²) in [5.74, 6) is 0. The number of fused-ring (bicyclic) bond motifs is 1. The minimum absolute atomic E-state index is 0.487. The SMILES string of the molecule is CC1=CCCN(c2cc(CN)nc3ccccc23)C1. The van der Waals surface area contributed by atoms with E-state index in [1.807, 2.05) is 6.07 Å². The summed E-state index contributed by atoms with van der Waals surface area (Å²) >= 11 is 0. The van der Waals surface area contributed by atoms with Gasteiger partial charge in [-0.3, -0.25) is 4.98 Å². The van der Waals surface area contributed by atoms with Gasteiger partial charge in [0, 0.05) is 30.7 Å². The first-order valence-corrected chi connectivity index (χ1v) is 6.77. The van der Waals surface area contributed by atoms with Gasteiger partial charge in [-0.05, 0) is 25.5 Å². The monoisotopic (exact) mass is 253 g/mol. The molecule has 3 nitrogen and oxygen atoms in total. The largest absolute Gasteiger partial charge is 0.367 e. The van der Waals surface area contributed by atoms with Crippen molar-refractivity contribution in [3.05, 3.63) is 47.7 Å². The molecule has 0 aliphatic carbocycles. The fourth-order valence-corrected chi connectivity index (χ4v) is 2.69. The first-order valence-electron chi connectivity index (χ1n) is 6.77. The van der Waals surface area contributed by atoms with Crippen molar-refractivity contribution < 1.29 is 0 Å². The number of benzene rings is 1. The van der Waals surface area contributed by atoms with Crippen LogP contribution in [0.4, 0.5) is 5.69 Å². The standard InChI is InChI=1S/C16H19N3/c1-12-5-4-8-19(11-12)16-9-13(10-17)18-15-7-3-2-6-14(15)16/h2-3,5-7,9H,4,8,10-11,17H2,1H3. The molecule has 0 amide bonds. The van der Waals surface area contributed by atoms with Gasteiger partial charge >= 0.3 is 0 Å². The van der Waals surface area contributed by atoms with Crippen molar-refractivity contribution in [2.24, 2.45) is 5.73 Å². The summed E-state index contributed by atoms with van der Waals surface area (Å²) in [7, 11) is 0. The van der Waals surface area contributed by atoms with Gasteiger partial charge in [0.25, 0.3) is 0 Å². The Hall–Kier alpha value is -1.87. The smallest absolute Gasteiger partial charge is 0.0726 e. The molecule has 1 aliphatic heterocycles.